The van der Waals surface area contributed by atoms with Gasteiger partial charge in [-0.15, -0.1) is 0 Å². The predicted octanol–water partition coefficient (Wildman–Crippen LogP) is 4.92. The molecule has 0 saturated heterocycles. The van der Waals surface area contributed by atoms with E-state index in [0.717, 1.165) is 16.7 Å². The molecule has 3 nitrogen and oxygen atoms in total. The van der Waals surface area contributed by atoms with Gasteiger partial charge in [-0.05, 0) is 35.2 Å². The summed E-state index contributed by atoms with van der Waals surface area (Å²) in [5.41, 5.74) is 3.22. The smallest absolute Gasteiger partial charge is 0.289 e. The largest absolute Gasteiger partial charge is 0.503 e. The number of nitrogens with zero attached hydrogens (tertiary/aromatic N) is 1. The van der Waals surface area contributed by atoms with Crippen molar-refractivity contribution >= 4 is 11.5 Å². The van der Waals surface area contributed by atoms with E-state index in [0.29, 0.717) is 18.5 Å². The SMILES string of the molecule is O=C1C(O)=C(c2ccccc2)C(c2ccc(F)cc2)N1CCc1ccccc1. The highest BCUT2D eigenvalue weighted by atomic mass is 19.1. The predicted molar refractivity (Wildman–Crippen MR) is 107 cm³/mol. The third kappa shape index (κ3) is 3.41. The zero-order chi connectivity index (χ0) is 19.5. The highest BCUT2D eigenvalue weighted by Crippen LogP contribution is 2.42. The zero-order valence-corrected chi connectivity index (χ0v) is 15.3. The average molecular weight is 373 g/mol. The van der Waals surface area contributed by atoms with Crippen LogP contribution in [0.1, 0.15) is 22.7 Å². The van der Waals surface area contributed by atoms with Crippen molar-refractivity contribution in [3.63, 3.8) is 0 Å². The molecule has 0 fully saturated rings. The van der Waals surface area contributed by atoms with E-state index in [1.807, 2.05) is 60.7 Å². The summed E-state index contributed by atoms with van der Waals surface area (Å²) in [6, 6.07) is 24.9. The number of rotatable bonds is 5. The summed E-state index contributed by atoms with van der Waals surface area (Å²) in [4.78, 5) is 14.6. The fourth-order valence-electron chi connectivity index (χ4n) is 3.68. The molecule has 4 rings (SSSR count). The van der Waals surface area contributed by atoms with Crippen LogP contribution in [0.3, 0.4) is 0 Å². The van der Waals surface area contributed by atoms with Crippen molar-refractivity contribution in [2.45, 2.75) is 12.5 Å². The highest BCUT2D eigenvalue weighted by Gasteiger charge is 2.40. The second-order valence-corrected chi connectivity index (χ2v) is 6.82. The monoisotopic (exact) mass is 373 g/mol. The van der Waals surface area contributed by atoms with Crippen molar-refractivity contribution in [1.82, 2.24) is 4.90 Å². The number of hydrogen-bond donors (Lipinski definition) is 1. The Bertz CT molecular complexity index is 998. The van der Waals surface area contributed by atoms with Crippen molar-refractivity contribution in [2.24, 2.45) is 0 Å². The summed E-state index contributed by atoms with van der Waals surface area (Å²) in [6.07, 6.45) is 0.666. The van der Waals surface area contributed by atoms with E-state index in [-0.39, 0.29) is 11.6 Å². The van der Waals surface area contributed by atoms with Gasteiger partial charge in [-0.25, -0.2) is 4.39 Å². The summed E-state index contributed by atoms with van der Waals surface area (Å²) in [5, 5.41) is 10.7. The molecule has 0 aromatic heterocycles. The Kier molecular flexibility index (Phi) is 4.94. The average Bonchev–Trinajstić information content (AvgIpc) is 2.99. The Labute approximate surface area is 163 Å². The molecule has 1 aliphatic heterocycles. The molecule has 0 spiro atoms. The van der Waals surface area contributed by atoms with Crippen molar-refractivity contribution < 1.29 is 14.3 Å². The van der Waals surface area contributed by atoms with Crippen LogP contribution in [0.5, 0.6) is 0 Å². The molecule has 1 amide bonds. The molecule has 1 heterocycles. The molecule has 0 aliphatic carbocycles. The summed E-state index contributed by atoms with van der Waals surface area (Å²) in [7, 11) is 0. The first-order valence-corrected chi connectivity index (χ1v) is 9.24. The molecule has 140 valence electrons. The van der Waals surface area contributed by atoms with Gasteiger partial charge < -0.3 is 10.0 Å². The van der Waals surface area contributed by atoms with Gasteiger partial charge in [-0.3, -0.25) is 4.79 Å². The summed E-state index contributed by atoms with van der Waals surface area (Å²) in [6.45, 7) is 0.450. The minimum absolute atomic E-state index is 0.242. The molecule has 3 aromatic rings. The van der Waals surface area contributed by atoms with Gasteiger partial charge in [0.25, 0.3) is 5.91 Å². The lowest BCUT2D eigenvalue weighted by molar-refractivity contribution is -0.129. The molecule has 1 aliphatic rings. The van der Waals surface area contributed by atoms with Crippen LogP contribution < -0.4 is 0 Å². The number of aliphatic hydroxyl groups excluding tert-OH is 1. The lowest BCUT2D eigenvalue weighted by Crippen LogP contribution is -2.32. The van der Waals surface area contributed by atoms with Crippen LogP contribution >= 0.6 is 0 Å². The van der Waals surface area contributed by atoms with Crippen molar-refractivity contribution in [2.75, 3.05) is 6.54 Å². The number of hydrogen-bond acceptors (Lipinski definition) is 2. The van der Waals surface area contributed by atoms with Gasteiger partial charge in [0.05, 0.1) is 6.04 Å². The number of halogens is 1. The zero-order valence-electron chi connectivity index (χ0n) is 15.3. The normalized spacial score (nSPS) is 16.7. The van der Waals surface area contributed by atoms with Crippen molar-refractivity contribution in [3.05, 3.63) is 113 Å². The molecule has 0 bridgehead atoms. The highest BCUT2D eigenvalue weighted by molar-refractivity contribution is 6.05. The van der Waals surface area contributed by atoms with E-state index in [9.17, 15) is 14.3 Å². The third-order valence-corrected chi connectivity index (χ3v) is 5.06. The lowest BCUT2D eigenvalue weighted by atomic mass is 9.93. The summed E-state index contributed by atoms with van der Waals surface area (Å²) < 4.78 is 13.5. The maximum atomic E-state index is 13.5. The van der Waals surface area contributed by atoms with Gasteiger partial charge in [0.2, 0.25) is 0 Å². The van der Waals surface area contributed by atoms with Gasteiger partial charge in [0, 0.05) is 12.1 Å². The van der Waals surface area contributed by atoms with E-state index in [1.165, 1.54) is 12.1 Å². The van der Waals surface area contributed by atoms with Gasteiger partial charge in [-0.1, -0.05) is 72.8 Å². The van der Waals surface area contributed by atoms with Crippen LogP contribution in [0.4, 0.5) is 4.39 Å². The molecular formula is C24H20FNO2. The van der Waals surface area contributed by atoms with Crippen LogP contribution in [-0.4, -0.2) is 22.5 Å². The van der Waals surface area contributed by atoms with E-state index < -0.39 is 11.9 Å². The van der Waals surface area contributed by atoms with Gasteiger partial charge in [-0.2, -0.15) is 0 Å². The maximum absolute atomic E-state index is 13.5. The summed E-state index contributed by atoms with van der Waals surface area (Å²) >= 11 is 0. The van der Waals surface area contributed by atoms with Crippen molar-refractivity contribution in [3.8, 4) is 0 Å². The molecule has 3 aromatic carbocycles. The Morgan fingerprint density at radius 2 is 1.46 bits per heavy atom. The quantitative estimate of drug-likeness (QED) is 0.690. The minimum Gasteiger partial charge on any atom is -0.503 e. The molecule has 0 saturated carbocycles. The molecular weight excluding hydrogens is 353 g/mol. The number of aliphatic hydroxyl groups is 1. The van der Waals surface area contributed by atoms with Crippen LogP contribution in [0.15, 0.2) is 90.7 Å². The Morgan fingerprint density at radius 3 is 2.11 bits per heavy atom. The molecule has 1 atom stereocenters. The molecule has 4 heteroatoms. The van der Waals surface area contributed by atoms with Crippen LogP contribution in [0, 0.1) is 5.82 Å². The fourth-order valence-corrected chi connectivity index (χ4v) is 3.68. The van der Waals surface area contributed by atoms with Crippen LogP contribution in [0.25, 0.3) is 5.57 Å². The number of carbonyl (C=O) groups excluding carboxylic acids is 1. The standard InChI is InChI=1S/C24H20FNO2/c25-20-13-11-19(12-14-20)22-21(18-9-5-2-6-10-18)23(27)24(28)26(22)16-15-17-7-3-1-4-8-17/h1-14,22,27H,15-16H2. The second kappa shape index (κ2) is 7.69. The van der Waals surface area contributed by atoms with Gasteiger partial charge in [0.15, 0.2) is 5.76 Å². The van der Waals surface area contributed by atoms with Crippen molar-refractivity contribution in [1.29, 1.82) is 0 Å². The maximum Gasteiger partial charge on any atom is 0.289 e. The Hall–Kier alpha value is -3.40. The molecule has 28 heavy (non-hydrogen) atoms. The molecule has 0 radical (unpaired) electrons. The minimum atomic E-state index is -0.459. The topological polar surface area (TPSA) is 40.5 Å². The Morgan fingerprint density at radius 1 is 0.857 bits per heavy atom. The first-order valence-electron chi connectivity index (χ1n) is 9.24. The number of benzene rings is 3. The van der Waals surface area contributed by atoms with E-state index in [2.05, 4.69) is 0 Å². The first kappa shape index (κ1) is 18.0. The van der Waals surface area contributed by atoms with Gasteiger partial charge in [0.1, 0.15) is 5.82 Å². The lowest BCUT2D eigenvalue weighted by Gasteiger charge is -2.27. The Balaban J connectivity index is 1.72. The van der Waals surface area contributed by atoms with E-state index in [1.54, 1.807) is 17.0 Å². The van der Waals surface area contributed by atoms with Crippen LogP contribution in [0.2, 0.25) is 0 Å². The van der Waals surface area contributed by atoms with Gasteiger partial charge >= 0.3 is 0 Å². The second-order valence-electron chi connectivity index (χ2n) is 6.82. The number of carbonyl (C=O) groups is 1. The van der Waals surface area contributed by atoms with E-state index >= 15 is 0 Å². The summed E-state index contributed by atoms with van der Waals surface area (Å²) in [5.74, 6) is -0.976. The first-order chi connectivity index (χ1) is 13.6. The fraction of sp³-hybridized carbons (Fsp3) is 0.125. The number of amides is 1. The van der Waals surface area contributed by atoms with E-state index in [4.69, 9.17) is 0 Å². The third-order valence-electron chi connectivity index (χ3n) is 5.06. The molecule has 1 unspecified atom stereocenters. The van der Waals surface area contributed by atoms with Crippen LogP contribution in [-0.2, 0) is 11.2 Å². The molecule has 1 N–H and O–H groups in total.